The molecule has 0 unspecified atom stereocenters. The number of hydrogen-bond acceptors (Lipinski definition) is 7. The van der Waals surface area contributed by atoms with Crippen LogP contribution in [0.1, 0.15) is 50.7 Å². The second-order valence-electron chi connectivity index (χ2n) is 7.06. The van der Waals surface area contributed by atoms with E-state index in [1.807, 2.05) is 4.90 Å². The number of piperidine rings is 1. The summed E-state index contributed by atoms with van der Waals surface area (Å²) in [5.41, 5.74) is -1.25. The van der Waals surface area contributed by atoms with Crippen molar-refractivity contribution in [1.82, 2.24) is 20.3 Å². The molecule has 3 heterocycles. The summed E-state index contributed by atoms with van der Waals surface area (Å²) in [4.78, 5) is 36.3. The number of carboxylic acid groups (broad SMARTS) is 1. The molecule has 2 aromatic heterocycles. The standard InChI is InChI=1S/C18H22F3N5O4S/c1-4-9-13(18(19,20)21)25-14(22-9)15(27)23-10-5-6-26(7-11(10)30-3)17-24-12(16(28)29)8(2)31-17/h10-11H,4-7H2,1-3H3,(H,22,25)(H,23,27)(H,28,29)/t10-,11+/m0/s1. The molecule has 1 fully saturated rings. The van der Waals surface area contributed by atoms with E-state index in [0.717, 1.165) is 0 Å². The molecule has 0 aromatic carbocycles. The number of nitrogens with zero attached hydrogens (tertiary/aromatic N) is 3. The van der Waals surface area contributed by atoms with Crippen molar-refractivity contribution >= 4 is 28.3 Å². The van der Waals surface area contributed by atoms with Gasteiger partial charge in [-0.2, -0.15) is 13.2 Å². The zero-order chi connectivity index (χ0) is 22.9. The van der Waals surface area contributed by atoms with E-state index in [1.54, 1.807) is 6.92 Å². The number of H-pyrrole nitrogens is 1. The van der Waals surface area contributed by atoms with Gasteiger partial charge in [0.05, 0.1) is 12.1 Å². The molecule has 31 heavy (non-hydrogen) atoms. The third-order valence-electron chi connectivity index (χ3n) is 5.05. The Hall–Kier alpha value is -2.67. The number of aromatic amines is 1. The molecule has 13 heteroatoms. The number of anilines is 1. The van der Waals surface area contributed by atoms with Crippen LogP contribution in [-0.2, 0) is 17.3 Å². The van der Waals surface area contributed by atoms with Gasteiger partial charge in [0.25, 0.3) is 5.91 Å². The number of alkyl halides is 3. The maximum absolute atomic E-state index is 13.1. The number of halogens is 3. The van der Waals surface area contributed by atoms with Crippen molar-refractivity contribution in [2.24, 2.45) is 0 Å². The second-order valence-corrected chi connectivity index (χ2v) is 8.24. The highest BCUT2D eigenvalue weighted by atomic mass is 32.1. The minimum Gasteiger partial charge on any atom is -0.476 e. The number of ether oxygens (including phenoxy) is 1. The van der Waals surface area contributed by atoms with Gasteiger partial charge in [0, 0.05) is 30.8 Å². The third-order valence-corrected chi connectivity index (χ3v) is 6.08. The summed E-state index contributed by atoms with van der Waals surface area (Å²) in [7, 11) is 1.47. The van der Waals surface area contributed by atoms with Crippen LogP contribution in [0.4, 0.5) is 18.3 Å². The highest BCUT2D eigenvalue weighted by Gasteiger charge is 2.38. The lowest BCUT2D eigenvalue weighted by Crippen LogP contribution is -2.55. The van der Waals surface area contributed by atoms with E-state index < -0.39 is 41.7 Å². The lowest BCUT2D eigenvalue weighted by atomic mass is 10.0. The van der Waals surface area contributed by atoms with Crippen molar-refractivity contribution in [1.29, 1.82) is 0 Å². The molecule has 170 valence electrons. The van der Waals surface area contributed by atoms with Gasteiger partial charge in [-0.25, -0.2) is 14.8 Å². The van der Waals surface area contributed by atoms with Crippen molar-refractivity contribution in [2.75, 3.05) is 25.1 Å². The van der Waals surface area contributed by atoms with Crippen molar-refractivity contribution < 1.29 is 32.6 Å². The van der Waals surface area contributed by atoms with Crippen LogP contribution in [0.3, 0.4) is 0 Å². The Morgan fingerprint density at radius 2 is 2.10 bits per heavy atom. The van der Waals surface area contributed by atoms with E-state index in [1.165, 1.54) is 25.4 Å². The summed E-state index contributed by atoms with van der Waals surface area (Å²) in [5, 5.41) is 12.4. The Labute approximate surface area is 179 Å². The normalized spacial score (nSPS) is 19.5. The Morgan fingerprint density at radius 1 is 1.39 bits per heavy atom. The Bertz CT molecular complexity index is 974. The van der Waals surface area contributed by atoms with Gasteiger partial charge >= 0.3 is 12.1 Å². The molecule has 1 saturated heterocycles. The van der Waals surface area contributed by atoms with E-state index in [2.05, 4.69) is 20.3 Å². The number of aryl methyl sites for hydroxylation is 2. The summed E-state index contributed by atoms with van der Waals surface area (Å²) < 4.78 is 44.7. The topological polar surface area (TPSA) is 120 Å². The van der Waals surface area contributed by atoms with Crippen LogP contribution >= 0.6 is 11.3 Å². The number of rotatable bonds is 6. The summed E-state index contributed by atoms with van der Waals surface area (Å²) in [6.45, 7) is 4.01. The molecule has 9 nitrogen and oxygen atoms in total. The average molecular weight is 461 g/mol. The zero-order valence-electron chi connectivity index (χ0n) is 17.0. The smallest absolute Gasteiger partial charge is 0.435 e. The van der Waals surface area contributed by atoms with Crippen LogP contribution in [0.5, 0.6) is 0 Å². The Morgan fingerprint density at radius 3 is 2.61 bits per heavy atom. The van der Waals surface area contributed by atoms with Gasteiger partial charge in [0.1, 0.15) is 0 Å². The molecule has 0 aliphatic carbocycles. The largest absolute Gasteiger partial charge is 0.476 e. The van der Waals surface area contributed by atoms with Gasteiger partial charge in [-0.15, -0.1) is 11.3 Å². The maximum atomic E-state index is 13.1. The molecule has 0 saturated carbocycles. The average Bonchev–Trinajstić information content (AvgIpc) is 3.32. The number of carbonyl (C=O) groups excluding carboxylic acids is 1. The fourth-order valence-electron chi connectivity index (χ4n) is 3.45. The highest BCUT2D eigenvalue weighted by Crippen LogP contribution is 2.31. The van der Waals surface area contributed by atoms with Crippen molar-refractivity contribution in [3.05, 3.63) is 27.8 Å². The lowest BCUT2D eigenvalue weighted by Gasteiger charge is -2.37. The number of aromatic carboxylic acids is 1. The number of aromatic nitrogens is 3. The fourth-order valence-corrected chi connectivity index (χ4v) is 4.39. The molecular weight excluding hydrogens is 439 g/mol. The molecule has 2 aromatic rings. The van der Waals surface area contributed by atoms with Crippen LogP contribution in [0, 0.1) is 6.92 Å². The van der Waals surface area contributed by atoms with E-state index in [9.17, 15) is 27.9 Å². The van der Waals surface area contributed by atoms with Gasteiger partial charge in [-0.1, -0.05) is 6.92 Å². The first-order valence-corrected chi connectivity index (χ1v) is 10.3. The fraction of sp³-hybridized carbons (Fsp3) is 0.556. The van der Waals surface area contributed by atoms with Crippen LogP contribution in [-0.4, -0.2) is 64.3 Å². The number of nitrogens with one attached hydrogen (secondary N) is 2. The third kappa shape index (κ3) is 4.82. The van der Waals surface area contributed by atoms with Gasteiger partial charge in [0.2, 0.25) is 0 Å². The Kier molecular flexibility index (Phi) is 6.55. The second kappa shape index (κ2) is 8.83. The molecule has 2 atom stereocenters. The summed E-state index contributed by atoms with van der Waals surface area (Å²) >= 11 is 1.25. The van der Waals surface area contributed by atoms with Crippen LogP contribution in [0.2, 0.25) is 0 Å². The number of hydrogen-bond donors (Lipinski definition) is 3. The minimum atomic E-state index is -4.65. The summed E-state index contributed by atoms with van der Waals surface area (Å²) in [6.07, 6.45) is -4.64. The molecule has 0 spiro atoms. The number of methoxy groups -OCH3 is 1. The molecule has 1 aliphatic heterocycles. The Balaban J connectivity index is 1.71. The zero-order valence-corrected chi connectivity index (χ0v) is 17.9. The maximum Gasteiger partial charge on any atom is 0.435 e. The van der Waals surface area contributed by atoms with E-state index >= 15 is 0 Å². The number of carbonyl (C=O) groups is 2. The van der Waals surface area contributed by atoms with Crippen LogP contribution < -0.4 is 10.2 Å². The van der Waals surface area contributed by atoms with Gasteiger partial charge in [0.15, 0.2) is 22.3 Å². The van der Waals surface area contributed by atoms with Crippen molar-refractivity contribution in [3.63, 3.8) is 0 Å². The summed E-state index contributed by atoms with van der Waals surface area (Å²) in [6, 6.07) is -0.460. The van der Waals surface area contributed by atoms with Gasteiger partial charge in [-0.05, 0) is 19.8 Å². The first-order chi connectivity index (χ1) is 14.5. The quantitative estimate of drug-likeness (QED) is 0.604. The first kappa shape index (κ1) is 23.0. The first-order valence-electron chi connectivity index (χ1n) is 9.50. The van der Waals surface area contributed by atoms with Crippen LogP contribution in [0.15, 0.2) is 0 Å². The lowest BCUT2D eigenvalue weighted by molar-refractivity contribution is -0.141. The molecular formula is C18H22F3N5O4S. The summed E-state index contributed by atoms with van der Waals surface area (Å²) in [5.74, 6) is -2.25. The number of carboxylic acids is 1. The van der Waals surface area contributed by atoms with E-state index in [-0.39, 0.29) is 17.8 Å². The minimum absolute atomic E-state index is 0.00518. The van der Waals surface area contributed by atoms with E-state index in [0.29, 0.717) is 29.5 Å². The molecule has 1 aliphatic rings. The van der Waals surface area contributed by atoms with E-state index in [4.69, 9.17) is 4.74 Å². The number of thiazole rings is 1. The molecule has 3 N–H and O–H groups in total. The molecule has 1 amide bonds. The number of imidazole rings is 1. The highest BCUT2D eigenvalue weighted by molar-refractivity contribution is 7.15. The van der Waals surface area contributed by atoms with Crippen LogP contribution in [0.25, 0.3) is 0 Å². The SMILES string of the molecule is CCc1[nH]c(C(=O)N[C@H]2CCN(c3nc(C(=O)O)c(C)s3)C[C@H]2OC)nc1C(F)(F)F. The van der Waals surface area contributed by atoms with Crippen molar-refractivity contribution in [3.8, 4) is 0 Å². The monoisotopic (exact) mass is 461 g/mol. The van der Waals surface area contributed by atoms with Gasteiger partial charge < -0.3 is 25.0 Å². The number of amides is 1. The predicted molar refractivity (Wildman–Crippen MR) is 106 cm³/mol. The predicted octanol–water partition coefficient (Wildman–Crippen LogP) is 2.48. The molecule has 0 bridgehead atoms. The molecule has 3 rings (SSSR count). The van der Waals surface area contributed by atoms with Crippen molar-refractivity contribution in [2.45, 2.75) is 45.0 Å². The van der Waals surface area contributed by atoms with Gasteiger partial charge in [-0.3, -0.25) is 4.79 Å². The molecule has 0 radical (unpaired) electrons.